The van der Waals surface area contributed by atoms with E-state index in [1.54, 1.807) is 12.1 Å². The second-order valence-electron chi connectivity index (χ2n) is 3.88. The van der Waals surface area contributed by atoms with Crippen molar-refractivity contribution in [2.45, 2.75) is 19.3 Å². The zero-order chi connectivity index (χ0) is 10.8. The Bertz CT molecular complexity index is 337. The molecule has 0 atom stereocenters. The average molecular weight is 245 g/mol. The average Bonchev–Trinajstić information content (AvgIpc) is 2.17. The normalized spacial score (nSPS) is 16.8. The van der Waals surface area contributed by atoms with Crippen molar-refractivity contribution in [1.82, 2.24) is 0 Å². The van der Waals surface area contributed by atoms with Crippen LogP contribution >= 0.6 is 23.2 Å². The monoisotopic (exact) mass is 244 g/mol. The summed E-state index contributed by atoms with van der Waals surface area (Å²) >= 11 is 12.3. The molecule has 2 rings (SSSR count). The van der Waals surface area contributed by atoms with Crippen molar-refractivity contribution in [1.29, 1.82) is 0 Å². The molecule has 1 fully saturated rings. The molecule has 1 aliphatic rings. The molecule has 0 spiro atoms. The Morgan fingerprint density at radius 2 is 1.53 bits per heavy atom. The van der Waals surface area contributed by atoms with Crippen LogP contribution in [0.25, 0.3) is 0 Å². The molecule has 1 heterocycles. The van der Waals surface area contributed by atoms with E-state index in [0.29, 0.717) is 15.7 Å². The maximum absolute atomic E-state index is 6.16. The highest BCUT2D eigenvalue weighted by molar-refractivity contribution is 6.39. The van der Waals surface area contributed by atoms with Gasteiger partial charge < -0.3 is 10.6 Å². The zero-order valence-electron chi connectivity index (χ0n) is 8.47. The minimum absolute atomic E-state index is 0.616. The van der Waals surface area contributed by atoms with Gasteiger partial charge in [-0.25, -0.2) is 0 Å². The van der Waals surface area contributed by atoms with Crippen LogP contribution in [-0.2, 0) is 0 Å². The number of benzene rings is 1. The third-order valence-corrected chi connectivity index (χ3v) is 3.29. The molecule has 15 heavy (non-hydrogen) atoms. The highest BCUT2D eigenvalue weighted by atomic mass is 35.5. The van der Waals surface area contributed by atoms with E-state index in [2.05, 4.69) is 4.90 Å². The van der Waals surface area contributed by atoms with Crippen molar-refractivity contribution in [3.05, 3.63) is 22.2 Å². The maximum atomic E-state index is 6.16. The van der Waals surface area contributed by atoms with Gasteiger partial charge in [0.05, 0.1) is 15.7 Å². The first-order chi connectivity index (χ1) is 7.18. The van der Waals surface area contributed by atoms with Crippen LogP contribution in [0.1, 0.15) is 19.3 Å². The molecule has 82 valence electrons. The molecule has 2 nitrogen and oxygen atoms in total. The summed E-state index contributed by atoms with van der Waals surface area (Å²) in [6.45, 7) is 2.06. The highest BCUT2D eigenvalue weighted by Gasteiger charge is 2.17. The van der Waals surface area contributed by atoms with Crippen molar-refractivity contribution in [2.24, 2.45) is 0 Å². The minimum atomic E-state index is 0.616. The molecule has 0 bridgehead atoms. The van der Waals surface area contributed by atoms with Gasteiger partial charge in [-0.1, -0.05) is 23.2 Å². The number of rotatable bonds is 1. The molecular formula is C11H14Cl2N2. The summed E-state index contributed by atoms with van der Waals surface area (Å²) in [5.74, 6) is 0. The van der Waals surface area contributed by atoms with E-state index in [0.717, 1.165) is 18.8 Å². The predicted molar refractivity (Wildman–Crippen MR) is 66.9 cm³/mol. The van der Waals surface area contributed by atoms with Crippen LogP contribution in [-0.4, -0.2) is 13.1 Å². The summed E-state index contributed by atoms with van der Waals surface area (Å²) < 4.78 is 0. The van der Waals surface area contributed by atoms with Gasteiger partial charge in [-0.2, -0.15) is 0 Å². The third-order valence-electron chi connectivity index (χ3n) is 2.71. The van der Waals surface area contributed by atoms with Crippen LogP contribution in [0.15, 0.2) is 12.1 Å². The fourth-order valence-corrected chi connectivity index (χ4v) is 2.75. The van der Waals surface area contributed by atoms with Gasteiger partial charge in [-0.15, -0.1) is 0 Å². The van der Waals surface area contributed by atoms with Gasteiger partial charge in [-0.05, 0) is 31.4 Å². The van der Waals surface area contributed by atoms with E-state index in [4.69, 9.17) is 28.9 Å². The fraction of sp³-hybridized carbons (Fsp3) is 0.455. The van der Waals surface area contributed by atoms with E-state index < -0.39 is 0 Å². The number of piperidine rings is 1. The van der Waals surface area contributed by atoms with Crippen LogP contribution in [0.5, 0.6) is 0 Å². The number of hydrogen-bond acceptors (Lipinski definition) is 2. The lowest BCUT2D eigenvalue weighted by molar-refractivity contribution is 0.578. The van der Waals surface area contributed by atoms with Crippen molar-refractivity contribution < 1.29 is 0 Å². The Morgan fingerprint density at radius 1 is 1.00 bits per heavy atom. The molecule has 0 unspecified atom stereocenters. The Hall–Kier alpha value is -0.600. The lowest BCUT2D eigenvalue weighted by Crippen LogP contribution is -2.29. The summed E-state index contributed by atoms with van der Waals surface area (Å²) in [7, 11) is 0. The molecule has 1 aromatic carbocycles. The molecule has 0 aromatic heterocycles. The second-order valence-corrected chi connectivity index (χ2v) is 4.70. The van der Waals surface area contributed by atoms with Crippen molar-refractivity contribution in [2.75, 3.05) is 23.7 Å². The summed E-state index contributed by atoms with van der Waals surface area (Å²) in [4.78, 5) is 2.24. The van der Waals surface area contributed by atoms with Crippen molar-refractivity contribution in [3.63, 3.8) is 0 Å². The Labute approximate surface area is 100.0 Å². The summed E-state index contributed by atoms with van der Waals surface area (Å²) in [5.41, 5.74) is 7.22. The number of halogens is 2. The molecule has 0 amide bonds. The Kier molecular flexibility index (Phi) is 3.27. The van der Waals surface area contributed by atoms with Gasteiger partial charge in [0, 0.05) is 18.8 Å². The largest absolute Gasteiger partial charge is 0.399 e. The molecule has 1 saturated heterocycles. The number of nitrogens with two attached hydrogens (primary N) is 1. The van der Waals surface area contributed by atoms with Gasteiger partial charge in [0.15, 0.2) is 0 Å². The summed E-state index contributed by atoms with van der Waals surface area (Å²) in [6.07, 6.45) is 3.70. The van der Waals surface area contributed by atoms with E-state index in [1.165, 1.54) is 19.3 Å². The quantitative estimate of drug-likeness (QED) is 0.766. The highest BCUT2D eigenvalue weighted by Crippen LogP contribution is 2.37. The first-order valence-electron chi connectivity index (χ1n) is 5.18. The molecule has 1 aromatic rings. The van der Waals surface area contributed by atoms with Crippen LogP contribution in [0.4, 0.5) is 11.4 Å². The lowest BCUT2D eigenvalue weighted by atomic mass is 10.1. The molecule has 1 aliphatic heterocycles. The molecule has 2 N–H and O–H groups in total. The Balaban J connectivity index is 2.33. The molecule has 0 aliphatic carbocycles. The molecule has 4 heteroatoms. The molecular weight excluding hydrogens is 231 g/mol. The van der Waals surface area contributed by atoms with Crippen molar-refractivity contribution in [3.8, 4) is 0 Å². The SMILES string of the molecule is Nc1cc(Cl)c(N2CCCCC2)c(Cl)c1. The first kappa shape index (κ1) is 10.9. The van der Waals surface area contributed by atoms with Gasteiger partial charge in [0.25, 0.3) is 0 Å². The van der Waals surface area contributed by atoms with Crippen molar-refractivity contribution >= 4 is 34.6 Å². The van der Waals surface area contributed by atoms with Crippen LogP contribution < -0.4 is 10.6 Å². The maximum Gasteiger partial charge on any atom is 0.0746 e. The van der Waals surface area contributed by atoms with E-state index >= 15 is 0 Å². The van der Waals surface area contributed by atoms with Gasteiger partial charge >= 0.3 is 0 Å². The number of hydrogen-bond donors (Lipinski definition) is 1. The van der Waals surface area contributed by atoms with Gasteiger partial charge in [-0.3, -0.25) is 0 Å². The predicted octanol–water partition coefficient (Wildman–Crippen LogP) is 3.57. The van der Waals surface area contributed by atoms with Crippen LogP contribution in [0.3, 0.4) is 0 Å². The van der Waals surface area contributed by atoms with Gasteiger partial charge in [0.2, 0.25) is 0 Å². The Morgan fingerprint density at radius 3 is 2.07 bits per heavy atom. The number of nitrogen functional groups attached to an aromatic ring is 1. The van der Waals surface area contributed by atoms with Crippen LogP contribution in [0.2, 0.25) is 10.0 Å². The number of nitrogens with zero attached hydrogens (tertiary/aromatic N) is 1. The first-order valence-corrected chi connectivity index (χ1v) is 5.93. The number of anilines is 2. The zero-order valence-corrected chi connectivity index (χ0v) is 9.98. The van der Waals surface area contributed by atoms with E-state index in [-0.39, 0.29) is 0 Å². The summed E-state index contributed by atoms with van der Waals surface area (Å²) in [6, 6.07) is 3.52. The smallest absolute Gasteiger partial charge is 0.0746 e. The summed E-state index contributed by atoms with van der Waals surface area (Å²) in [5, 5.41) is 1.31. The second kappa shape index (κ2) is 4.50. The molecule has 0 saturated carbocycles. The van der Waals surface area contributed by atoms with E-state index in [1.807, 2.05) is 0 Å². The van der Waals surface area contributed by atoms with E-state index in [9.17, 15) is 0 Å². The molecule has 0 radical (unpaired) electrons. The fourth-order valence-electron chi connectivity index (χ4n) is 2.00. The lowest BCUT2D eigenvalue weighted by Gasteiger charge is -2.30. The van der Waals surface area contributed by atoms with Crippen LogP contribution in [0, 0.1) is 0 Å². The van der Waals surface area contributed by atoms with Gasteiger partial charge in [0.1, 0.15) is 0 Å². The minimum Gasteiger partial charge on any atom is -0.399 e. The standard InChI is InChI=1S/C11H14Cl2N2/c12-9-6-8(14)7-10(13)11(9)15-4-2-1-3-5-15/h6-7H,1-5,14H2. The topological polar surface area (TPSA) is 29.3 Å². The third kappa shape index (κ3) is 2.32.